The van der Waals surface area contributed by atoms with E-state index in [2.05, 4.69) is 43.6 Å². The highest BCUT2D eigenvalue weighted by Crippen LogP contribution is 2.29. The predicted octanol–water partition coefficient (Wildman–Crippen LogP) is 2.79. The van der Waals surface area contributed by atoms with Gasteiger partial charge in [-0.2, -0.15) is 5.10 Å². The Kier molecular flexibility index (Phi) is 5.10. The van der Waals surface area contributed by atoms with E-state index < -0.39 is 0 Å². The van der Waals surface area contributed by atoms with Crippen LogP contribution in [0.25, 0.3) is 0 Å². The van der Waals surface area contributed by atoms with Crippen molar-refractivity contribution < 1.29 is 4.79 Å². The van der Waals surface area contributed by atoms with Gasteiger partial charge in [0.1, 0.15) is 11.3 Å². The van der Waals surface area contributed by atoms with Crippen molar-refractivity contribution in [2.75, 3.05) is 23.3 Å². The summed E-state index contributed by atoms with van der Waals surface area (Å²) >= 11 is 1.28. The lowest BCUT2D eigenvalue weighted by Gasteiger charge is -2.32. The molecule has 0 radical (unpaired) electrons. The number of carbonyl (C=O) groups is 1. The molecule has 1 aliphatic heterocycles. The van der Waals surface area contributed by atoms with Crippen molar-refractivity contribution in [3.63, 3.8) is 0 Å². The molecule has 3 aromatic rings. The zero-order valence-electron chi connectivity index (χ0n) is 15.1. The summed E-state index contributed by atoms with van der Waals surface area (Å²) in [6.45, 7) is 4.90. The highest BCUT2D eigenvalue weighted by atomic mass is 32.1. The number of anilines is 2. The van der Waals surface area contributed by atoms with Crippen molar-refractivity contribution >= 4 is 28.2 Å². The third-order valence-electron chi connectivity index (χ3n) is 4.86. The molecule has 4 heterocycles. The minimum Gasteiger partial charge on any atom is -0.357 e. The number of hydrogen-bond acceptors (Lipinski definition) is 7. The molecule has 0 saturated carbocycles. The summed E-state index contributed by atoms with van der Waals surface area (Å²) in [6.07, 6.45) is 7.92. The van der Waals surface area contributed by atoms with Crippen LogP contribution >= 0.6 is 11.3 Å². The summed E-state index contributed by atoms with van der Waals surface area (Å²) in [5.74, 6) is 1.24. The molecule has 1 N–H and O–H groups in total. The minimum absolute atomic E-state index is 0.225. The van der Waals surface area contributed by atoms with E-state index in [9.17, 15) is 4.79 Å². The molecule has 1 aliphatic rings. The molecule has 0 aliphatic carbocycles. The first-order valence-electron chi connectivity index (χ1n) is 9.04. The Morgan fingerprint density at radius 2 is 2.15 bits per heavy atom. The Balaban J connectivity index is 1.35. The second-order valence-corrected chi connectivity index (χ2v) is 7.33. The zero-order valence-corrected chi connectivity index (χ0v) is 15.9. The SMILES string of the molecule is CCn1cc(C2CCN(c3ccc(C(=O)Nc4nncs4)cn3)CC2)cn1. The normalized spacial score (nSPS) is 15.1. The smallest absolute Gasteiger partial charge is 0.259 e. The van der Waals surface area contributed by atoms with Crippen LogP contribution in [0.4, 0.5) is 10.9 Å². The summed E-state index contributed by atoms with van der Waals surface area (Å²) in [4.78, 5) is 18.9. The van der Waals surface area contributed by atoms with E-state index in [-0.39, 0.29) is 5.91 Å². The summed E-state index contributed by atoms with van der Waals surface area (Å²) < 4.78 is 1.98. The van der Waals surface area contributed by atoms with Crippen molar-refractivity contribution in [1.82, 2.24) is 25.0 Å². The fourth-order valence-corrected chi connectivity index (χ4v) is 3.75. The van der Waals surface area contributed by atoms with Crippen LogP contribution in [0.5, 0.6) is 0 Å². The number of hydrogen-bond donors (Lipinski definition) is 1. The third-order valence-corrected chi connectivity index (χ3v) is 5.46. The van der Waals surface area contributed by atoms with Crippen LogP contribution in [0.3, 0.4) is 0 Å². The van der Waals surface area contributed by atoms with Crippen molar-refractivity contribution in [1.29, 1.82) is 0 Å². The molecule has 1 amide bonds. The van der Waals surface area contributed by atoms with E-state index >= 15 is 0 Å². The van der Waals surface area contributed by atoms with Crippen LogP contribution in [-0.2, 0) is 6.54 Å². The summed E-state index contributed by atoms with van der Waals surface area (Å²) in [7, 11) is 0. The lowest BCUT2D eigenvalue weighted by molar-refractivity contribution is 0.102. The third kappa shape index (κ3) is 3.97. The van der Waals surface area contributed by atoms with Crippen LogP contribution < -0.4 is 10.2 Å². The number of nitrogens with one attached hydrogen (secondary N) is 1. The van der Waals surface area contributed by atoms with Crippen LogP contribution in [0.1, 0.15) is 41.6 Å². The maximum Gasteiger partial charge on any atom is 0.259 e. The van der Waals surface area contributed by atoms with Crippen LogP contribution in [0.15, 0.2) is 36.2 Å². The molecule has 0 spiro atoms. The van der Waals surface area contributed by atoms with E-state index in [4.69, 9.17) is 0 Å². The lowest BCUT2D eigenvalue weighted by atomic mass is 9.91. The Morgan fingerprint density at radius 1 is 1.30 bits per heavy atom. The molecule has 4 rings (SSSR count). The molecule has 9 heteroatoms. The standard InChI is InChI=1S/C18H21N7OS/c1-2-25-11-15(10-21-25)13-5-7-24(8-6-13)16-4-3-14(9-19-16)17(26)22-18-23-20-12-27-18/h3-4,9-13H,2,5-8H2,1H3,(H,22,23,26). The van der Waals surface area contributed by atoms with E-state index in [0.29, 0.717) is 16.6 Å². The minimum atomic E-state index is -0.225. The second kappa shape index (κ2) is 7.83. The van der Waals surface area contributed by atoms with Gasteiger partial charge in [0.05, 0.1) is 11.8 Å². The highest BCUT2D eigenvalue weighted by Gasteiger charge is 2.22. The molecule has 3 aromatic heterocycles. The largest absolute Gasteiger partial charge is 0.357 e. The van der Waals surface area contributed by atoms with E-state index in [0.717, 1.165) is 38.3 Å². The zero-order chi connectivity index (χ0) is 18.6. The molecule has 8 nitrogen and oxygen atoms in total. The summed E-state index contributed by atoms with van der Waals surface area (Å²) in [5, 5.41) is 15.1. The molecular formula is C18H21N7OS. The molecule has 0 bridgehead atoms. The maximum atomic E-state index is 12.2. The Hall–Kier alpha value is -2.81. The van der Waals surface area contributed by atoms with Gasteiger partial charge in [-0.25, -0.2) is 4.98 Å². The van der Waals surface area contributed by atoms with Gasteiger partial charge in [0.15, 0.2) is 0 Å². The predicted molar refractivity (Wildman–Crippen MR) is 104 cm³/mol. The monoisotopic (exact) mass is 383 g/mol. The fourth-order valence-electron chi connectivity index (χ4n) is 3.31. The van der Waals surface area contributed by atoms with Gasteiger partial charge in [0, 0.05) is 32.0 Å². The molecule has 27 heavy (non-hydrogen) atoms. The van der Waals surface area contributed by atoms with Gasteiger partial charge >= 0.3 is 0 Å². The first-order valence-corrected chi connectivity index (χ1v) is 9.91. The molecule has 1 saturated heterocycles. The molecule has 1 fully saturated rings. The van der Waals surface area contributed by atoms with Crippen LogP contribution in [0, 0.1) is 0 Å². The van der Waals surface area contributed by atoms with Crippen LogP contribution in [0.2, 0.25) is 0 Å². The first-order chi connectivity index (χ1) is 13.2. The van der Waals surface area contributed by atoms with E-state index in [1.807, 2.05) is 16.9 Å². The van der Waals surface area contributed by atoms with Gasteiger partial charge in [0.25, 0.3) is 5.91 Å². The van der Waals surface area contributed by atoms with Gasteiger partial charge < -0.3 is 4.90 Å². The van der Waals surface area contributed by atoms with Gasteiger partial charge in [-0.3, -0.25) is 14.8 Å². The quantitative estimate of drug-likeness (QED) is 0.729. The second-order valence-electron chi connectivity index (χ2n) is 6.49. The average molecular weight is 383 g/mol. The number of carbonyl (C=O) groups excluding carboxylic acids is 1. The summed E-state index contributed by atoms with van der Waals surface area (Å²) in [5.41, 5.74) is 3.41. The maximum absolute atomic E-state index is 12.2. The fraction of sp³-hybridized carbons (Fsp3) is 0.389. The number of amides is 1. The molecule has 0 unspecified atom stereocenters. The number of pyridine rings is 1. The number of aryl methyl sites for hydroxylation is 1. The Morgan fingerprint density at radius 3 is 2.78 bits per heavy atom. The topological polar surface area (TPSA) is 88.8 Å². The Bertz CT molecular complexity index is 883. The number of aromatic nitrogens is 5. The molecular weight excluding hydrogens is 362 g/mol. The van der Waals surface area contributed by atoms with Crippen molar-refractivity contribution in [3.8, 4) is 0 Å². The van der Waals surface area contributed by atoms with Gasteiger partial charge in [-0.1, -0.05) is 11.3 Å². The van der Waals surface area contributed by atoms with E-state index in [1.165, 1.54) is 16.9 Å². The molecule has 0 atom stereocenters. The van der Waals surface area contributed by atoms with Crippen LogP contribution in [-0.4, -0.2) is 44.0 Å². The number of nitrogens with zero attached hydrogens (tertiary/aromatic N) is 6. The molecule has 140 valence electrons. The van der Waals surface area contributed by atoms with Crippen molar-refractivity contribution in [2.45, 2.75) is 32.2 Å². The van der Waals surface area contributed by atoms with Gasteiger partial charge in [0.2, 0.25) is 5.13 Å². The van der Waals surface area contributed by atoms with Gasteiger partial charge in [-0.05, 0) is 43.4 Å². The number of rotatable bonds is 5. The molecule has 0 aromatic carbocycles. The Labute approximate surface area is 161 Å². The van der Waals surface area contributed by atoms with Crippen molar-refractivity contribution in [2.24, 2.45) is 0 Å². The first kappa shape index (κ1) is 17.6. The summed E-state index contributed by atoms with van der Waals surface area (Å²) in [6, 6.07) is 3.71. The lowest BCUT2D eigenvalue weighted by Crippen LogP contribution is -2.33. The van der Waals surface area contributed by atoms with Gasteiger partial charge in [-0.15, -0.1) is 10.2 Å². The van der Waals surface area contributed by atoms with Crippen molar-refractivity contribution in [3.05, 3.63) is 47.4 Å². The highest BCUT2D eigenvalue weighted by molar-refractivity contribution is 7.13. The average Bonchev–Trinajstić information content (AvgIpc) is 3.40. The van der Waals surface area contributed by atoms with E-state index in [1.54, 1.807) is 17.8 Å². The number of piperidine rings is 1.